The number of nitrogens with zero attached hydrogens (tertiary/aromatic N) is 1. The zero-order chi connectivity index (χ0) is 15.9. The molecule has 1 amide bonds. The Hall–Kier alpha value is -1.35. The monoisotopic (exact) mass is 302 g/mol. The van der Waals surface area contributed by atoms with Gasteiger partial charge in [-0.05, 0) is 50.5 Å². The summed E-state index contributed by atoms with van der Waals surface area (Å²) in [6, 6.07) is 1.06. The van der Waals surface area contributed by atoms with E-state index in [1.807, 2.05) is 12.2 Å². The first-order valence-corrected chi connectivity index (χ1v) is 8.60. The summed E-state index contributed by atoms with van der Waals surface area (Å²) in [5, 5.41) is 3.06. The van der Waals surface area contributed by atoms with E-state index >= 15 is 0 Å². The predicted molar refractivity (Wildman–Crippen MR) is 92.6 cm³/mol. The van der Waals surface area contributed by atoms with Gasteiger partial charge in [-0.25, -0.2) is 0 Å². The van der Waals surface area contributed by atoms with Crippen LogP contribution in [0.2, 0.25) is 0 Å². The van der Waals surface area contributed by atoms with Crippen LogP contribution in [0.3, 0.4) is 0 Å². The Kier molecular flexibility index (Phi) is 6.44. The minimum Gasteiger partial charge on any atom is -0.352 e. The summed E-state index contributed by atoms with van der Waals surface area (Å²) in [6.07, 6.45) is 14.5. The average molecular weight is 302 g/mol. The van der Waals surface area contributed by atoms with Crippen molar-refractivity contribution in [3.05, 3.63) is 36.5 Å². The lowest BCUT2D eigenvalue weighted by Gasteiger charge is -2.35. The molecule has 0 aromatic heterocycles. The van der Waals surface area contributed by atoms with Gasteiger partial charge in [0.1, 0.15) is 0 Å². The van der Waals surface area contributed by atoms with E-state index < -0.39 is 0 Å². The molecule has 3 heteroatoms. The van der Waals surface area contributed by atoms with Crippen LogP contribution in [-0.4, -0.2) is 36.0 Å². The van der Waals surface area contributed by atoms with Crippen molar-refractivity contribution in [2.45, 2.75) is 58.0 Å². The summed E-state index contributed by atoms with van der Waals surface area (Å²) in [5.41, 5.74) is 1.45. The van der Waals surface area contributed by atoms with Crippen molar-refractivity contribution in [2.75, 3.05) is 13.1 Å². The predicted octanol–water partition coefficient (Wildman–Crippen LogP) is 3.44. The molecule has 1 N–H and O–H groups in total. The van der Waals surface area contributed by atoms with Crippen LogP contribution in [-0.2, 0) is 4.79 Å². The molecule has 2 rings (SSSR count). The first-order chi connectivity index (χ1) is 10.6. The van der Waals surface area contributed by atoms with E-state index in [0.29, 0.717) is 18.0 Å². The maximum absolute atomic E-state index is 11.2. The Balaban J connectivity index is 1.81. The number of carbonyl (C=O) groups excluding carboxylic acids is 1. The lowest BCUT2D eigenvalue weighted by atomic mass is 9.80. The molecule has 122 valence electrons. The number of amides is 1. The number of carbonyl (C=O) groups is 1. The molecule has 3 nitrogen and oxygen atoms in total. The van der Waals surface area contributed by atoms with Crippen LogP contribution in [0.5, 0.6) is 0 Å². The molecule has 0 bridgehead atoms. The molecule has 1 saturated heterocycles. The van der Waals surface area contributed by atoms with E-state index in [1.165, 1.54) is 31.3 Å². The van der Waals surface area contributed by atoms with Crippen LogP contribution < -0.4 is 5.32 Å². The summed E-state index contributed by atoms with van der Waals surface area (Å²) in [5.74, 6) is 0.800. The number of nitrogens with one attached hydrogen (secondary N) is 1. The van der Waals surface area contributed by atoms with Crippen LogP contribution in [0.4, 0.5) is 0 Å². The van der Waals surface area contributed by atoms with E-state index in [9.17, 15) is 4.79 Å². The van der Waals surface area contributed by atoms with Crippen molar-refractivity contribution >= 4 is 5.91 Å². The second-order valence-corrected chi connectivity index (χ2v) is 6.57. The first-order valence-electron chi connectivity index (χ1n) is 8.60. The molecule has 2 aliphatic rings. The third-order valence-electron chi connectivity index (χ3n) is 5.07. The molecular weight excluding hydrogens is 272 g/mol. The largest absolute Gasteiger partial charge is 0.352 e. The van der Waals surface area contributed by atoms with Gasteiger partial charge in [-0.15, -0.1) is 0 Å². The molecule has 1 saturated carbocycles. The van der Waals surface area contributed by atoms with Gasteiger partial charge in [0.2, 0.25) is 5.91 Å². The Morgan fingerprint density at radius 2 is 1.95 bits per heavy atom. The fourth-order valence-electron chi connectivity index (χ4n) is 3.95. The van der Waals surface area contributed by atoms with Gasteiger partial charge >= 0.3 is 0 Å². The standard InChI is InChI=1S/C19H30N2O/c1-4-6-7-16(5-2)17-8-10-19(11-9-17)21-13-12-18(14-21)20-15(3)22/h4-7,17-19H,1,8-14H2,2-3H3,(H,20,22)/b7-6-,16-5+/t17?,18-,19?/m1/s1. The van der Waals surface area contributed by atoms with E-state index in [1.54, 1.807) is 6.92 Å². The molecular formula is C19H30N2O. The smallest absolute Gasteiger partial charge is 0.217 e. The normalized spacial score (nSPS) is 30.6. The minimum absolute atomic E-state index is 0.0993. The highest BCUT2D eigenvalue weighted by Gasteiger charge is 2.31. The third kappa shape index (κ3) is 4.57. The second kappa shape index (κ2) is 8.33. The number of hydrogen-bond acceptors (Lipinski definition) is 2. The van der Waals surface area contributed by atoms with Crippen LogP contribution in [0, 0.1) is 5.92 Å². The fraction of sp³-hybridized carbons (Fsp3) is 0.632. The molecule has 0 radical (unpaired) electrons. The second-order valence-electron chi connectivity index (χ2n) is 6.57. The molecule has 1 aliphatic carbocycles. The van der Waals surface area contributed by atoms with Crippen molar-refractivity contribution in [1.29, 1.82) is 0 Å². The van der Waals surface area contributed by atoms with E-state index in [4.69, 9.17) is 0 Å². The first kappa shape index (κ1) is 17.0. The molecule has 0 spiro atoms. The maximum Gasteiger partial charge on any atom is 0.217 e. The number of allylic oxidation sites excluding steroid dienone is 5. The summed E-state index contributed by atoms with van der Waals surface area (Å²) in [7, 11) is 0. The van der Waals surface area contributed by atoms with E-state index in [0.717, 1.165) is 19.5 Å². The van der Waals surface area contributed by atoms with Crippen LogP contribution in [0.15, 0.2) is 36.5 Å². The highest BCUT2D eigenvalue weighted by molar-refractivity contribution is 5.73. The third-order valence-corrected chi connectivity index (χ3v) is 5.07. The van der Waals surface area contributed by atoms with Gasteiger partial charge in [0.25, 0.3) is 0 Å². The van der Waals surface area contributed by atoms with Crippen LogP contribution >= 0.6 is 0 Å². The summed E-state index contributed by atoms with van der Waals surface area (Å²) >= 11 is 0. The van der Waals surface area contributed by atoms with Crippen molar-refractivity contribution in [3.8, 4) is 0 Å². The molecule has 2 fully saturated rings. The summed E-state index contributed by atoms with van der Waals surface area (Å²) in [6.45, 7) is 9.66. The Labute approximate surface area is 135 Å². The van der Waals surface area contributed by atoms with E-state index in [2.05, 4.69) is 35.9 Å². The molecule has 1 aliphatic heterocycles. The molecule has 22 heavy (non-hydrogen) atoms. The fourth-order valence-corrected chi connectivity index (χ4v) is 3.95. The average Bonchev–Trinajstić information content (AvgIpc) is 2.96. The van der Waals surface area contributed by atoms with Crippen LogP contribution in [0.1, 0.15) is 46.0 Å². The van der Waals surface area contributed by atoms with Crippen LogP contribution in [0.25, 0.3) is 0 Å². The maximum atomic E-state index is 11.2. The van der Waals surface area contributed by atoms with Crippen molar-refractivity contribution in [3.63, 3.8) is 0 Å². The minimum atomic E-state index is 0.0993. The Bertz CT molecular complexity index is 444. The molecule has 0 aromatic carbocycles. The van der Waals surface area contributed by atoms with Crippen molar-refractivity contribution < 1.29 is 4.79 Å². The lowest BCUT2D eigenvalue weighted by Crippen LogP contribution is -2.40. The van der Waals surface area contributed by atoms with Crippen molar-refractivity contribution in [2.24, 2.45) is 5.92 Å². The Morgan fingerprint density at radius 1 is 1.23 bits per heavy atom. The summed E-state index contributed by atoms with van der Waals surface area (Å²) < 4.78 is 0. The van der Waals surface area contributed by atoms with Crippen molar-refractivity contribution in [1.82, 2.24) is 10.2 Å². The lowest BCUT2D eigenvalue weighted by molar-refractivity contribution is -0.119. The zero-order valence-electron chi connectivity index (χ0n) is 14.1. The van der Waals surface area contributed by atoms with E-state index in [-0.39, 0.29) is 5.91 Å². The molecule has 1 atom stereocenters. The molecule has 0 aromatic rings. The van der Waals surface area contributed by atoms with Gasteiger partial charge in [0.05, 0.1) is 0 Å². The quantitative estimate of drug-likeness (QED) is 0.789. The molecule has 0 unspecified atom stereocenters. The molecule has 1 heterocycles. The highest BCUT2D eigenvalue weighted by Crippen LogP contribution is 2.34. The summed E-state index contributed by atoms with van der Waals surface area (Å²) in [4.78, 5) is 13.8. The number of rotatable bonds is 5. The zero-order valence-corrected chi connectivity index (χ0v) is 14.1. The topological polar surface area (TPSA) is 32.3 Å². The Morgan fingerprint density at radius 3 is 2.55 bits per heavy atom. The van der Waals surface area contributed by atoms with Gasteiger partial charge in [-0.1, -0.05) is 30.9 Å². The van der Waals surface area contributed by atoms with Gasteiger partial charge in [-0.2, -0.15) is 0 Å². The van der Waals surface area contributed by atoms with Gasteiger partial charge in [0.15, 0.2) is 0 Å². The highest BCUT2D eigenvalue weighted by atomic mass is 16.1. The van der Waals surface area contributed by atoms with Gasteiger partial charge < -0.3 is 5.32 Å². The van der Waals surface area contributed by atoms with Gasteiger partial charge in [-0.3, -0.25) is 9.69 Å². The SMILES string of the molecule is C=C/C=C\C(=C/C)C1CCC(N2CC[C@@H](NC(C)=O)C2)CC1. The number of hydrogen-bond donors (Lipinski definition) is 1. The number of likely N-dealkylation sites (tertiary alicyclic amines) is 1. The van der Waals surface area contributed by atoms with Gasteiger partial charge in [0, 0.05) is 32.1 Å².